The monoisotopic (exact) mass is 244 g/mol. The standard InChI is InChI=1S/C13H16N4O/c1-16(12-5-6-15-10-11(12)14)8-9-17-7-3-2-4-13(17)18/h2-7,10H,8-9,14H2,1H3. The van der Waals surface area contributed by atoms with Crippen molar-refractivity contribution in [2.75, 3.05) is 24.2 Å². The highest BCUT2D eigenvalue weighted by Gasteiger charge is 2.04. The molecule has 0 bridgehead atoms. The number of aromatic nitrogens is 2. The first-order valence-corrected chi connectivity index (χ1v) is 5.74. The molecule has 0 saturated heterocycles. The Labute approximate surface area is 105 Å². The molecule has 5 heteroatoms. The van der Waals surface area contributed by atoms with E-state index in [1.807, 2.05) is 24.1 Å². The Morgan fingerprint density at radius 1 is 1.39 bits per heavy atom. The van der Waals surface area contributed by atoms with Crippen molar-refractivity contribution in [1.29, 1.82) is 0 Å². The Balaban J connectivity index is 2.05. The third-order valence-electron chi connectivity index (χ3n) is 2.81. The van der Waals surface area contributed by atoms with Gasteiger partial charge in [0.1, 0.15) is 0 Å². The molecule has 0 radical (unpaired) electrons. The van der Waals surface area contributed by atoms with Crippen molar-refractivity contribution in [3.63, 3.8) is 0 Å². The second-order valence-corrected chi connectivity index (χ2v) is 4.09. The molecule has 0 amide bonds. The number of anilines is 2. The maximum absolute atomic E-state index is 11.5. The molecule has 0 atom stereocenters. The fraction of sp³-hybridized carbons (Fsp3) is 0.231. The van der Waals surface area contributed by atoms with Crippen LogP contribution in [0, 0.1) is 0 Å². The van der Waals surface area contributed by atoms with Gasteiger partial charge in [-0.2, -0.15) is 0 Å². The van der Waals surface area contributed by atoms with E-state index in [0.29, 0.717) is 18.8 Å². The minimum Gasteiger partial charge on any atom is -0.396 e. The molecule has 2 N–H and O–H groups in total. The van der Waals surface area contributed by atoms with Crippen LogP contribution in [0.15, 0.2) is 47.7 Å². The Hall–Kier alpha value is -2.30. The van der Waals surface area contributed by atoms with Crippen molar-refractivity contribution in [1.82, 2.24) is 9.55 Å². The lowest BCUT2D eigenvalue weighted by atomic mass is 10.3. The van der Waals surface area contributed by atoms with E-state index >= 15 is 0 Å². The highest BCUT2D eigenvalue weighted by Crippen LogP contribution is 2.19. The van der Waals surface area contributed by atoms with E-state index in [1.54, 1.807) is 35.3 Å². The van der Waals surface area contributed by atoms with Gasteiger partial charge in [-0.05, 0) is 12.1 Å². The molecule has 2 heterocycles. The van der Waals surface area contributed by atoms with E-state index in [9.17, 15) is 4.79 Å². The molecule has 0 spiro atoms. The molecule has 2 aromatic heterocycles. The lowest BCUT2D eigenvalue weighted by molar-refractivity contribution is 0.661. The Morgan fingerprint density at radius 2 is 2.22 bits per heavy atom. The lowest BCUT2D eigenvalue weighted by Gasteiger charge is -2.21. The van der Waals surface area contributed by atoms with Crippen molar-refractivity contribution < 1.29 is 0 Å². The van der Waals surface area contributed by atoms with Crippen LogP contribution in [-0.2, 0) is 6.54 Å². The number of nitrogens with zero attached hydrogens (tertiary/aromatic N) is 3. The molecule has 0 saturated carbocycles. The number of likely N-dealkylation sites (N-methyl/N-ethyl adjacent to an activating group) is 1. The molecule has 0 aliphatic carbocycles. The molecule has 2 aromatic rings. The molecule has 0 aliphatic heterocycles. The van der Waals surface area contributed by atoms with E-state index in [1.165, 1.54) is 0 Å². The number of pyridine rings is 2. The zero-order valence-electron chi connectivity index (χ0n) is 10.3. The van der Waals surface area contributed by atoms with Gasteiger partial charge in [-0.3, -0.25) is 9.78 Å². The van der Waals surface area contributed by atoms with E-state index in [4.69, 9.17) is 5.73 Å². The molecule has 5 nitrogen and oxygen atoms in total. The summed E-state index contributed by atoms with van der Waals surface area (Å²) < 4.78 is 1.67. The van der Waals surface area contributed by atoms with E-state index in [0.717, 1.165) is 5.69 Å². The van der Waals surface area contributed by atoms with Crippen LogP contribution in [0.25, 0.3) is 0 Å². The maximum Gasteiger partial charge on any atom is 0.250 e. The van der Waals surface area contributed by atoms with Crippen molar-refractivity contribution in [2.24, 2.45) is 0 Å². The summed E-state index contributed by atoms with van der Waals surface area (Å²) in [6, 6.07) is 7.01. The number of hydrogen-bond donors (Lipinski definition) is 1. The predicted octanol–water partition coefficient (Wildman–Crippen LogP) is 0.962. The van der Waals surface area contributed by atoms with Gasteiger partial charge in [-0.15, -0.1) is 0 Å². The van der Waals surface area contributed by atoms with Gasteiger partial charge >= 0.3 is 0 Å². The second-order valence-electron chi connectivity index (χ2n) is 4.09. The van der Waals surface area contributed by atoms with Crippen molar-refractivity contribution >= 4 is 11.4 Å². The molecule has 2 rings (SSSR count). The summed E-state index contributed by atoms with van der Waals surface area (Å²) in [7, 11) is 1.94. The van der Waals surface area contributed by atoms with Gasteiger partial charge in [0.05, 0.1) is 17.6 Å². The Bertz CT molecular complexity index is 579. The van der Waals surface area contributed by atoms with E-state index in [2.05, 4.69) is 4.98 Å². The van der Waals surface area contributed by atoms with Crippen LogP contribution in [0.4, 0.5) is 11.4 Å². The Kier molecular flexibility index (Phi) is 3.62. The van der Waals surface area contributed by atoms with Crippen LogP contribution in [0.1, 0.15) is 0 Å². The minimum absolute atomic E-state index is 0.00796. The lowest BCUT2D eigenvalue weighted by Crippen LogP contribution is -2.28. The second kappa shape index (κ2) is 5.35. The topological polar surface area (TPSA) is 64.2 Å². The fourth-order valence-electron chi connectivity index (χ4n) is 1.77. The van der Waals surface area contributed by atoms with Gasteiger partial charge in [0.15, 0.2) is 0 Å². The number of hydrogen-bond acceptors (Lipinski definition) is 4. The van der Waals surface area contributed by atoms with Gasteiger partial charge in [-0.1, -0.05) is 6.07 Å². The van der Waals surface area contributed by atoms with Crippen LogP contribution < -0.4 is 16.2 Å². The summed E-state index contributed by atoms with van der Waals surface area (Å²) in [6.45, 7) is 1.33. The summed E-state index contributed by atoms with van der Waals surface area (Å²) in [4.78, 5) is 17.5. The zero-order chi connectivity index (χ0) is 13.0. The SMILES string of the molecule is CN(CCn1ccccc1=O)c1ccncc1N. The third-order valence-corrected chi connectivity index (χ3v) is 2.81. The van der Waals surface area contributed by atoms with Gasteiger partial charge in [0, 0.05) is 38.6 Å². The van der Waals surface area contributed by atoms with Gasteiger partial charge in [0.2, 0.25) is 0 Å². The average Bonchev–Trinajstić information content (AvgIpc) is 2.38. The molecule has 18 heavy (non-hydrogen) atoms. The molecule has 0 aromatic carbocycles. The average molecular weight is 244 g/mol. The molecule has 0 unspecified atom stereocenters. The molecular formula is C13H16N4O. The van der Waals surface area contributed by atoms with Crippen LogP contribution in [0.2, 0.25) is 0 Å². The smallest absolute Gasteiger partial charge is 0.250 e. The number of nitrogen functional groups attached to an aromatic ring is 1. The normalized spacial score (nSPS) is 10.3. The summed E-state index contributed by atoms with van der Waals surface area (Å²) >= 11 is 0. The summed E-state index contributed by atoms with van der Waals surface area (Å²) in [5.41, 5.74) is 7.42. The Morgan fingerprint density at radius 3 is 2.94 bits per heavy atom. The van der Waals surface area contributed by atoms with E-state index < -0.39 is 0 Å². The first-order chi connectivity index (χ1) is 8.68. The summed E-state index contributed by atoms with van der Waals surface area (Å²) in [5, 5.41) is 0. The van der Waals surface area contributed by atoms with E-state index in [-0.39, 0.29) is 5.56 Å². The van der Waals surface area contributed by atoms with Crippen molar-refractivity contribution in [3.8, 4) is 0 Å². The van der Waals surface area contributed by atoms with Crippen LogP contribution in [0.3, 0.4) is 0 Å². The number of rotatable bonds is 4. The minimum atomic E-state index is 0.00796. The van der Waals surface area contributed by atoms with Crippen molar-refractivity contribution in [3.05, 3.63) is 53.2 Å². The molecule has 0 aliphatic rings. The molecule has 0 fully saturated rings. The quantitative estimate of drug-likeness (QED) is 0.870. The van der Waals surface area contributed by atoms with Gasteiger partial charge in [0.25, 0.3) is 5.56 Å². The maximum atomic E-state index is 11.5. The zero-order valence-corrected chi connectivity index (χ0v) is 10.3. The summed E-state index contributed by atoms with van der Waals surface area (Å²) in [5.74, 6) is 0. The molecular weight excluding hydrogens is 228 g/mol. The third kappa shape index (κ3) is 2.68. The van der Waals surface area contributed by atoms with Crippen molar-refractivity contribution in [2.45, 2.75) is 6.54 Å². The fourth-order valence-corrected chi connectivity index (χ4v) is 1.77. The molecule has 94 valence electrons. The number of nitrogens with two attached hydrogens (primary N) is 1. The van der Waals surface area contributed by atoms with Crippen LogP contribution in [0.5, 0.6) is 0 Å². The first kappa shape index (κ1) is 12.2. The predicted molar refractivity (Wildman–Crippen MR) is 72.6 cm³/mol. The highest BCUT2D eigenvalue weighted by molar-refractivity contribution is 5.65. The van der Waals surface area contributed by atoms with Gasteiger partial charge in [-0.25, -0.2) is 0 Å². The van der Waals surface area contributed by atoms with Crippen LogP contribution in [-0.4, -0.2) is 23.1 Å². The highest BCUT2D eigenvalue weighted by atomic mass is 16.1. The van der Waals surface area contributed by atoms with Crippen LogP contribution >= 0.6 is 0 Å². The first-order valence-electron chi connectivity index (χ1n) is 5.74. The van der Waals surface area contributed by atoms with Gasteiger partial charge < -0.3 is 15.2 Å². The largest absolute Gasteiger partial charge is 0.396 e. The summed E-state index contributed by atoms with van der Waals surface area (Å²) in [6.07, 6.45) is 5.11.